The fraction of sp³-hybridized carbons (Fsp3) is 0.556. The van der Waals surface area contributed by atoms with Crippen LogP contribution in [0.4, 0.5) is 5.69 Å². The summed E-state index contributed by atoms with van der Waals surface area (Å²) in [6.07, 6.45) is 0. The molecule has 5 nitrogen and oxygen atoms in total. The zero-order valence-electron chi connectivity index (χ0n) is 15.1. The van der Waals surface area contributed by atoms with Crippen molar-refractivity contribution in [2.45, 2.75) is 33.1 Å². The Bertz CT molecular complexity index is 754. The highest BCUT2D eigenvalue weighted by molar-refractivity contribution is 7.80. The number of piperazine rings is 1. The van der Waals surface area contributed by atoms with E-state index in [-0.39, 0.29) is 5.41 Å². The summed E-state index contributed by atoms with van der Waals surface area (Å²) < 4.78 is 5.95. The molecule has 0 amide bonds. The molecule has 1 N–H and O–H groups in total. The second-order valence-electron chi connectivity index (χ2n) is 7.62. The molecule has 0 spiro atoms. The number of hydrogen-bond donors (Lipinski definition) is 1. The van der Waals surface area contributed by atoms with E-state index in [0.717, 1.165) is 59.5 Å². The maximum Gasteiger partial charge on any atom is 0.200 e. The SMILES string of the molecule is Cc1cc2nc(C(C)(C)C)oc2cc1NC(=S)N1CCN(C)CC1. The maximum atomic E-state index is 5.95. The molecule has 1 aromatic carbocycles. The average Bonchev–Trinajstić information content (AvgIpc) is 2.91. The molecule has 0 aliphatic carbocycles. The Morgan fingerprint density at radius 1 is 1.21 bits per heavy atom. The Hall–Kier alpha value is -1.66. The molecule has 0 unspecified atom stereocenters. The van der Waals surface area contributed by atoms with Crippen LogP contribution in [0, 0.1) is 6.92 Å². The van der Waals surface area contributed by atoms with Gasteiger partial charge < -0.3 is 19.5 Å². The summed E-state index contributed by atoms with van der Waals surface area (Å²) >= 11 is 5.59. The third-order valence-corrected chi connectivity index (χ3v) is 4.77. The van der Waals surface area contributed by atoms with Gasteiger partial charge in [-0.2, -0.15) is 0 Å². The monoisotopic (exact) mass is 346 g/mol. The van der Waals surface area contributed by atoms with Crippen molar-refractivity contribution in [1.82, 2.24) is 14.8 Å². The minimum atomic E-state index is -0.102. The molecular formula is C18H26N4OS. The van der Waals surface area contributed by atoms with Crippen LogP contribution in [0.25, 0.3) is 11.1 Å². The van der Waals surface area contributed by atoms with E-state index in [4.69, 9.17) is 16.6 Å². The first kappa shape index (κ1) is 17.2. The molecule has 24 heavy (non-hydrogen) atoms. The van der Waals surface area contributed by atoms with Crippen LogP contribution in [0.1, 0.15) is 32.2 Å². The first-order chi connectivity index (χ1) is 11.2. The van der Waals surface area contributed by atoms with Crippen molar-refractivity contribution in [3.63, 3.8) is 0 Å². The highest BCUT2D eigenvalue weighted by Gasteiger charge is 2.22. The molecule has 2 heterocycles. The molecule has 2 aromatic rings. The van der Waals surface area contributed by atoms with Gasteiger partial charge in [-0.05, 0) is 37.8 Å². The van der Waals surface area contributed by atoms with Crippen LogP contribution in [0.5, 0.6) is 0 Å². The number of nitrogens with zero attached hydrogens (tertiary/aromatic N) is 3. The lowest BCUT2D eigenvalue weighted by Gasteiger charge is -2.34. The maximum absolute atomic E-state index is 5.95. The topological polar surface area (TPSA) is 44.5 Å². The number of aromatic nitrogens is 1. The van der Waals surface area contributed by atoms with Crippen LogP contribution in [-0.4, -0.2) is 53.1 Å². The van der Waals surface area contributed by atoms with Gasteiger partial charge in [0.2, 0.25) is 5.89 Å². The van der Waals surface area contributed by atoms with E-state index in [1.807, 2.05) is 6.07 Å². The van der Waals surface area contributed by atoms with E-state index in [2.05, 4.69) is 60.9 Å². The molecule has 1 saturated heterocycles. The number of hydrogen-bond acceptors (Lipinski definition) is 4. The zero-order valence-corrected chi connectivity index (χ0v) is 16.0. The second kappa shape index (κ2) is 6.33. The molecule has 1 aliphatic heterocycles. The number of rotatable bonds is 1. The Labute approximate surface area is 149 Å². The quantitative estimate of drug-likeness (QED) is 0.799. The van der Waals surface area contributed by atoms with Gasteiger partial charge in [-0.1, -0.05) is 20.8 Å². The summed E-state index contributed by atoms with van der Waals surface area (Å²) in [6.45, 7) is 12.4. The number of nitrogens with one attached hydrogen (secondary N) is 1. The minimum Gasteiger partial charge on any atom is -0.440 e. The highest BCUT2D eigenvalue weighted by Crippen LogP contribution is 2.29. The summed E-state index contributed by atoms with van der Waals surface area (Å²) in [5.41, 5.74) is 3.70. The molecule has 0 saturated carbocycles. The van der Waals surface area contributed by atoms with Crippen LogP contribution in [0.3, 0.4) is 0 Å². The van der Waals surface area contributed by atoms with Crippen LogP contribution in [-0.2, 0) is 5.41 Å². The van der Waals surface area contributed by atoms with Crippen LogP contribution in [0.2, 0.25) is 0 Å². The summed E-state index contributed by atoms with van der Waals surface area (Å²) in [5, 5.41) is 4.16. The molecule has 3 rings (SSSR count). The Morgan fingerprint density at radius 2 is 1.88 bits per heavy atom. The second-order valence-corrected chi connectivity index (χ2v) is 8.01. The van der Waals surface area contributed by atoms with Gasteiger partial charge in [0, 0.05) is 43.3 Å². The number of fused-ring (bicyclic) bond motifs is 1. The van der Waals surface area contributed by atoms with Gasteiger partial charge in [-0.25, -0.2) is 4.98 Å². The Kier molecular flexibility index (Phi) is 4.53. The van der Waals surface area contributed by atoms with Gasteiger partial charge in [-0.15, -0.1) is 0 Å². The number of anilines is 1. The fourth-order valence-electron chi connectivity index (χ4n) is 2.74. The Morgan fingerprint density at radius 3 is 2.50 bits per heavy atom. The molecule has 6 heteroatoms. The molecule has 0 bridgehead atoms. The van der Waals surface area contributed by atoms with E-state index in [1.165, 1.54) is 0 Å². The standard InChI is InChI=1S/C18H26N4OS/c1-12-10-14-15(23-16(19-14)18(2,3)4)11-13(12)20-17(24)22-8-6-21(5)7-9-22/h10-11H,6-9H2,1-5H3,(H,20,24). The van der Waals surface area contributed by atoms with Gasteiger partial charge >= 0.3 is 0 Å². The van der Waals surface area contributed by atoms with E-state index < -0.39 is 0 Å². The van der Waals surface area contributed by atoms with Crippen LogP contribution < -0.4 is 5.32 Å². The van der Waals surface area contributed by atoms with E-state index in [9.17, 15) is 0 Å². The number of benzene rings is 1. The number of thiocarbonyl (C=S) groups is 1. The third kappa shape index (κ3) is 3.54. The molecule has 1 fully saturated rings. The summed E-state index contributed by atoms with van der Waals surface area (Å²) in [4.78, 5) is 9.16. The highest BCUT2D eigenvalue weighted by atomic mass is 32.1. The molecule has 0 radical (unpaired) electrons. The summed E-state index contributed by atoms with van der Waals surface area (Å²) in [5.74, 6) is 0.760. The molecule has 1 aliphatic rings. The van der Waals surface area contributed by atoms with Crippen LogP contribution >= 0.6 is 12.2 Å². The average molecular weight is 347 g/mol. The Balaban J connectivity index is 1.81. The third-order valence-electron chi connectivity index (χ3n) is 4.41. The van der Waals surface area contributed by atoms with Crippen molar-refractivity contribution in [3.05, 3.63) is 23.6 Å². The lowest BCUT2D eigenvalue weighted by molar-refractivity contribution is 0.217. The lowest BCUT2D eigenvalue weighted by atomic mass is 9.97. The zero-order chi connectivity index (χ0) is 17.5. The van der Waals surface area contributed by atoms with Gasteiger partial charge in [0.15, 0.2) is 10.7 Å². The van der Waals surface area contributed by atoms with Crippen molar-refractivity contribution in [2.24, 2.45) is 0 Å². The van der Waals surface area contributed by atoms with E-state index >= 15 is 0 Å². The molecular weight excluding hydrogens is 320 g/mol. The summed E-state index contributed by atoms with van der Waals surface area (Å²) in [7, 11) is 2.14. The van der Waals surface area contributed by atoms with Crippen molar-refractivity contribution < 1.29 is 4.42 Å². The number of likely N-dealkylation sites (N-methyl/N-ethyl adjacent to an activating group) is 1. The van der Waals surface area contributed by atoms with Gasteiger partial charge in [0.05, 0.1) is 0 Å². The first-order valence-electron chi connectivity index (χ1n) is 8.40. The van der Waals surface area contributed by atoms with Crippen molar-refractivity contribution in [1.29, 1.82) is 0 Å². The van der Waals surface area contributed by atoms with Gasteiger partial charge in [-0.3, -0.25) is 0 Å². The molecule has 130 valence electrons. The predicted octanol–water partition coefficient (Wildman–Crippen LogP) is 3.38. The van der Waals surface area contributed by atoms with E-state index in [0.29, 0.717) is 0 Å². The van der Waals surface area contributed by atoms with Crippen molar-refractivity contribution in [2.75, 3.05) is 38.5 Å². The van der Waals surface area contributed by atoms with E-state index in [1.54, 1.807) is 0 Å². The molecule has 1 aromatic heterocycles. The van der Waals surface area contributed by atoms with Gasteiger partial charge in [0.1, 0.15) is 5.52 Å². The van der Waals surface area contributed by atoms with Crippen molar-refractivity contribution in [3.8, 4) is 0 Å². The first-order valence-corrected chi connectivity index (χ1v) is 8.81. The van der Waals surface area contributed by atoms with Gasteiger partial charge in [0.25, 0.3) is 0 Å². The van der Waals surface area contributed by atoms with Crippen LogP contribution in [0.15, 0.2) is 16.5 Å². The lowest BCUT2D eigenvalue weighted by Crippen LogP contribution is -2.48. The normalized spacial score (nSPS) is 16.6. The largest absolute Gasteiger partial charge is 0.440 e. The minimum absolute atomic E-state index is 0.102. The predicted molar refractivity (Wildman–Crippen MR) is 103 cm³/mol. The fourth-order valence-corrected chi connectivity index (χ4v) is 3.03. The summed E-state index contributed by atoms with van der Waals surface area (Å²) in [6, 6.07) is 4.07. The molecule has 0 atom stereocenters. The smallest absolute Gasteiger partial charge is 0.200 e. The van der Waals surface area contributed by atoms with Crippen molar-refractivity contribution >= 4 is 34.1 Å². The number of oxazole rings is 1. The number of aryl methyl sites for hydroxylation is 1.